The van der Waals surface area contributed by atoms with Crippen LogP contribution in [0, 0.1) is 5.92 Å². The third-order valence-corrected chi connectivity index (χ3v) is 4.14. The maximum atomic E-state index is 12.7. The molecule has 28 heavy (non-hydrogen) atoms. The Morgan fingerprint density at radius 3 is 2.04 bits per heavy atom. The summed E-state index contributed by atoms with van der Waals surface area (Å²) in [6.45, 7) is 6.42. The van der Waals surface area contributed by atoms with Crippen molar-refractivity contribution in [3.63, 3.8) is 0 Å². The van der Waals surface area contributed by atoms with Gasteiger partial charge in [0, 0.05) is 13.3 Å². The third kappa shape index (κ3) is 7.38. The number of ether oxygens (including phenoxy) is 1. The van der Waals surface area contributed by atoms with E-state index in [0.717, 1.165) is 5.56 Å². The lowest BCUT2D eigenvalue weighted by molar-refractivity contribution is -0.144. The quantitative estimate of drug-likeness (QED) is 0.532. The van der Waals surface area contributed by atoms with Gasteiger partial charge in [-0.15, -0.1) is 0 Å². The zero-order valence-electron chi connectivity index (χ0n) is 16.9. The van der Waals surface area contributed by atoms with E-state index >= 15 is 0 Å². The number of rotatable bonds is 9. The molecule has 1 aromatic rings. The Morgan fingerprint density at radius 1 is 0.929 bits per heavy atom. The molecule has 8 heteroatoms. The van der Waals surface area contributed by atoms with Gasteiger partial charge in [0.05, 0.1) is 7.11 Å². The number of hydrogen-bond donors (Lipinski definition) is 3. The third-order valence-electron chi connectivity index (χ3n) is 4.14. The average molecular weight is 391 g/mol. The molecule has 3 atom stereocenters. The lowest BCUT2D eigenvalue weighted by atomic mass is 10.0. The van der Waals surface area contributed by atoms with Crippen LogP contribution in [0.1, 0.15) is 33.3 Å². The summed E-state index contributed by atoms with van der Waals surface area (Å²) >= 11 is 0. The first kappa shape index (κ1) is 23.1. The summed E-state index contributed by atoms with van der Waals surface area (Å²) in [7, 11) is 1.23. The van der Waals surface area contributed by atoms with E-state index in [9.17, 15) is 19.2 Å². The van der Waals surface area contributed by atoms with Gasteiger partial charge in [-0.05, 0) is 18.4 Å². The minimum Gasteiger partial charge on any atom is -0.467 e. The number of benzene rings is 1. The summed E-state index contributed by atoms with van der Waals surface area (Å²) < 4.78 is 4.62. The van der Waals surface area contributed by atoms with Gasteiger partial charge in [-0.1, -0.05) is 44.2 Å². The van der Waals surface area contributed by atoms with Crippen molar-refractivity contribution in [2.75, 3.05) is 7.11 Å². The molecule has 0 unspecified atom stereocenters. The highest BCUT2D eigenvalue weighted by molar-refractivity contribution is 5.93. The fourth-order valence-electron chi connectivity index (χ4n) is 2.62. The van der Waals surface area contributed by atoms with Crippen molar-refractivity contribution in [2.45, 2.75) is 52.2 Å². The lowest BCUT2D eigenvalue weighted by Gasteiger charge is -2.25. The Bertz CT molecular complexity index is 690. The predicted molar refractivity (Wildman–Crippen MR) is 104 cm³/mol. The van der Waals surface area contributed by atoms with Crippen molar-refractivity contribution < 1.29 is 23.9 Å². The van der Waals surface area contributed by atoms with Crippen molar-refractivity contribution in [1.82, 2.24) is 16.0 Å². The van der Waals surface area contributed by atoms with Crippen molar-refractivity contribution in [3.05, 3.63) is 35.9 Å². The summed E-state index contributed by atoms with van der Waals surface area (Å²) in [6.07, 6.45) is 0.233. The van der Waals surface area contributed by atoms with Crippen LogP contribution in [0.3, 0.4) is 0 Å². The van der Waals surface area contributed by atoms with E-state index in [0.29, 0.717) is 0 Å². The first-order chi connectivity index (χ1) is 13.1. The van der Waals surface area contributed by atoms with Gasteiger partial charge in [0.15, 0.2) is 0 Å². The molecular formula is C20H29N3O5. The number of esters is 1. The second kappa shape index (κ2) is 11.1. The van der Waals surface area contributed by atoms with Crippen LogP contribution in [-0.2, 0) is 30.3 Å². The standard InChI is InChI=1S/C20H29N3O5/c1-12(2)17(22-14(4)24)19(26)23-16(11-15-9-7-6-8-10-15)18(25)21-13(3)20(27)28-5/h6-10,12-13,16-17H,11H2,1-5H3,(H,21,25)(H,22,24)(H,23,26)/t13-,16-,17-/m0/s1. The fraction of sp³-hybridized carbons (Fsp3) is 0.500. The molecule has 154 valence electrons. The smallest absolute Gasteiger partial charge is 0.328 e. The molecule has 0 spiro atoms. The highest BCUT2D eigenvalue weighted by Gasteiger charge is 2.29. The molecular weight excluding hydrogens is 362 g/mol. The molecule has 8 nitrogen and oxygen atoms in total. The first-order valence-electron chi connectivity index (χ1n) is 9.15. The molecule has 0 fully saturated rings. The van der Waals surface area contributed by atoms with Gasteiger partial charge >= 0.3 is 5.97 Å². The van der Waals surface area contributed by atoms with Gasteiger partial charge in [0.2, 0.25) is 17.7 Å². The van der Waals surface area contributed by atoms with Crippen molar-refractivity contribution in [2.24, 2.45) is 5.92 Å². The van der Waals surface area contributed by atoms with Crippen molar-refractivity contribution >= 4 is 23.7 Å². The van der Waals surface area contributed by atoms with Crippen LogP contribution in [0.2, 0.25) is 0 Å². The van der Waals surface area contributed by atoms with E-state index in [1.165, 1.54) is 21.0 Å². The zero-order valence-corrected chi connectivity index (χ0v) is 16.9. The molecule has 1 aromatic carbocycles. The maximum Gasteiger partial charge on any atom is 0.328 e. The summed E-state index contributed by atoms with van der Waals surface area (Å²) in [6, 6.07) is 6.63. The van der Waals surface area contributed by atoms with Crippen molar-refractivity contribution in [3.8, 4) is 0 Å². The summed E-state index contributed by atoms with van der Waals surface area (Å²) in [4.78, 5) is 48.4. The number of carbonyl (C=O) groups excluding carboxylic acids is 4. The molecule has 3 N–H and O–H groups in total. The number of amides is 3. The molecule has 0 saturated heterocycles. The second-order valence-corrected chi connectivity index (χ2v) is 6.93. The van der Waals surface area contributed by atoms with E-state index in [2.05, 4.69) is 20.7 Å². The fourth-order valence-corrected chi connectivity index (χ4v) is 2.62. The SMILES string of the molecule is COC(=O)[C@H](C)NC(=O)[C@H](Cc1ccccc1)NC(=O)[C@@H](NC(C)=O)C(C)C. The summed E-state index contributed by atoms with van der Waals surface area (Å²) in [5.41, 5.74) is 0.842. The Balaban J connectivity index is 2.99. The summed E-state index contributed by atoms with van der Waals surface area (Å²) in [5, 5.41) is 7.84. The number of nitrogens with one attached hydrogen (secondary N) is 3. The molecule has 0 bridgehead atoms. The highest BCUT2D eigenvalue weighted by Crippen LogP contribution is 2.07. The molecule has 0 radical (unpaired) electrons. The largest absolute Gasteiger partial charge is 0.467 e. The van der Waals surface area contributed by atoms with Gasteiger partial charge in [0.1, 0.15) is 18.1 Å². The topological polar surface area (TPSA) is 114 Å². The van der Waals surface area contributed by atoms with Gasteiger partial charge in [-0.2, -0.15) is 0 Å². The van der Waals surface area contributed by atoms with E-state index in [1.54, 1.807) is 13.8 Å². The Labute approximate surface area is 165 Å². The molecule has 0 aliphatic rings. The van der Waals surface area contributed by atoms with E-state index in [1.807, 2.05) is 30.3 Å². The minimum atomic E-state index is -0.919. The molecule has 0 aromatic heterocycles. The highest BCUT2D eigenvalue weighted by atomic mass is 16.5. The van der Waals surface area contributed by atoms with Crippen LogP contribution in [0.4, 0.5) is 0 Å². The van der Waals surface area contributed by atoms with Gasteiger partial charge in [-0.25, -0.2) is 4.79 Å². The zero-order chi connectivity index (χ0) is 21.3. The molecule has 0 aliphatic carbocycles. The van der Waals surface area contributed by atoms with Crippen molar-refractivity contribution in [1.29, 1.82) is 0 Å². The number of carbonyl (C=O) groups is 4. The Hall–Kier alpha value is -2.90. The predicted octanol–water partition coefficient (Wildman–Crippen LogP) is 0.552. The van der Waals surface area contributed by atoms with Gasteiger partial charge in [0.25, 0.3) is 0 Å². The maximum absolute atomic E-state index is 12.7. The normalized spacial score (nSPS) is 13.8. The molecule has 1 rings (SSSR count). The lowest BCUT2D eigenvalue weighted by Crippen LogP contribution is -2.57. The van der Waals surface area contributed by atoms with E-state index in [4.69, 9.17) is 0 Å². The van der Waals surface area contributed by atoms with Crippen LogP contribution in [0.15, 0.2) is 30.3 Å². The van der Waals surface area contributed by atoms with Crippen LogP contribution in [-0.4, -0.2) is 48.9 Å². The van der Waals surface area contributed by atoms with E-state index < -0.39 is 35.9 Å². The average Bonchev–Trinajstić information content (AvgIpc) is 2.65. The van der Waals surface area contributed by atoms with E-state index in [-0.39, 0.29) is 18.2 Å². The molecule has 0 saturated carbocycles. The number of hydrogen-bond acceptors (Lipinski definition) is 5. The number of methoxy groups -OCH3 is 1. The Kier molecular flexibility index (Phi) is 9.14. The molecule has 3 amide bonds. The first-order valence-corrected chi connectivity index (χ1v) is 9.15. The van der Waals surface area contributed by atoms with Crippen LogP contribution < -0.4 is 16.0 Å². The monoisotopic (exact) mass is 391 g/mol. The van der Waals surface area contributed by atoms with Crippen LogP contribution in [0.5, 0.6) is 0 Å². The van der Waals surface area contributed by atoms with Crippen LogP contribution >= 0.6 is 0 Å². The van der Waals surface area contributed by atoms with Gasteiger partial charge < -0.3 is 20.7 Å². The van der Waals surface area contributed by atoms with Gasteiger partial charge in [-0.3, -0.25) is 14.4 Å². The Morgan fingerprint density at radius 2 is 1.54 bits per heavy atom. The summed E-state index contributed by atoms with van der Waals surface area (Å²) in [5.74, 6) is -2.07. The second-order valence-electron chi connectivity index (χ2n) is 6.93. The molecule has 0 aliphatic heterocycles. The van der Waals surface area contributed by atoms with Crippen LogP contribution in [0.25, 0.3) is 0 Å². The minimum absolute atomic E-state index is 0.168. The molecule has 0 heterocycles.